The average molecular weight is 250 g/mol. The van der Waals surface area contributed by atoms with Crippen LogP contribution in [0.4, 0.5) is 25.1 Å². The van der Waals surface area contributed by atoms with Gasteiger partial charge in [-0.1, -0.05) is 19.4 Å². The highest BCUT2D eigenvalue weighted by atomic mass is 32.5. The second-order valence-electron chi connectivity index (χ2n) is 2.58. The Bertz CT molecular complexity index is 412. The number of aromatic nitrogens is 1. The zero-order valence-corrected chi connectivity index (χ0v) is 7.56. The van der Waals surface area contributed by atoms with Gasteiger partial charge in [0.15, 0.2) is 5.03 Å². The van der Waals surface area contributed by atoms with E-state index in [9.17, 15) is 29.5 Å². The van der Waals surface area contributed by atoms with Gasteiger partial charge in [-0.2, -0.15) is 0 Å². The third kappa shape index (κ3) is 2.75. The molecule has 1 heterocycles. The standard InChI is InChI=1S/C5H3F5N2O2S/c6-15(7,8,9,10)5-2-1-4(3-11-5)12(13)14/h1-3H. The fraction of sp³-hybridized carbons (Fsp3) is 0. The smallest absolute Gasteiger partial charge is 0.258 e. The summed E-state index contributed by atoms with van der Waals surface area (Å²) >= 11 is 0. The van der Waals surface area contributed by atoms with Crippen molar-refractivity contribution >= 4 is 15.9 Å². The van der Waals surface area contributed by atoms with Gasteiger partial charge in [-0.3, -0.25) is 10.1 Å². The summed E-state index contributed by atoms with van der Waals surface area (Å²) in [6, 6.07) is 0.208. The highest BCUT2D eigenvalue weighted by molar-refractivity contribution is 8.45. The minimum atomic E-state index is -9.82. The normalized spacial score (nSPS) is 16.6. The Hall–Kier alpha value is -1.45. The number of hydrogen-bond donors (Lipinski definition) is 0. The molecule has 0 saturated carbocycles. The first-order chi connectivity index (χ1) is 6.40. The van der Waals surface area contributed by atoms with E-state index in [1.807, 2.05) is 0 Å². The Morgan fingerprint density at radius 1 is 1.20 bits per heavy atom. The fourth-order valence-electron chi connectivity index (χ4n) is 0.709. The van der Waals surface area contributed by atoms with Gasteiger partial charge in [0.2, 0.25) is 0 Å². The van der Waals surface area contributed by atoms with Gasteiger partial charge in [-0.05, 0) is 6.07 Å². The maximum absolute atomic E-state index is 12.0. The first kappa shape index (κ1) is 11.6. The summed E-state index contributed by atoms with van der Waals surface area (Å²) in [7, 11) is -9.82. The minimum absolute atomic E-state index is 0.111. The SMILES string of the molecule is O=[N+]([O-])c1ccc(S(F)(F)(F)(F)F)nc1. The molecule has 0 aliphatic rings. The predicted molar refractivity (Wildman–Crippen MR) is 42.3 cm³/mol. The van der Waals surface area contributed by atoms with E-state index in [1.54, 1.807) is 0 Å². The van der Waals surface area contributed by atoms with E-state index in [1.165, 1.54) is 0 Å². The zero-order chi connectivity index (χ0) is 12.0. The predicted octanol–water partition coefficient (Wildman–Crippen LogP) is 3.65. The van der Waals surface area contributed by atoms with Crippen molar-refractivity contribution in [1.82, 2.24) is 4.98 Å². The molecular weight excluding hydrogens is 247 g/mol. The first-order valence-corrected chi connectivity index (χ1v) is 5.20. The van der Waals surface area contributed by atoms with Crippen LogP contribution in [0, 0.1) is 10.1 Å². The molecule has 0 atom stereocenters. The van der Waals surface area contributed by atoms with Crippen LogP contribution in [0.5, 0.6) is 0 Å². The topological polar surface area (TPSA) is 56.0 Å². The molecule has 0 radical (unpaired) electrons. The molecule has 0 unspecified atom stereocenters. The van der Waals surface area contributed by atoms with Crippen molar-refractivity contribution in [1.29, 1.82) is 0 Å². The van der Waals surface area contributed by atoms with E-state index in [2.05, 4.69) is 4.98 Å². The van der Waals surface area contributed by atoms with Crippen molar-refractivity contribution in [2.75, 3.05) is 0 Å². The number of nitro groups is 1. The summed E-state index contributed by atoms with van der Waals surface area (Å²) in [6.45, 7) is 0. The van der Waals surface area contributed by atoms with Gasteiger partial charge in [0.1, 0.15) is 6.20 Å². The molecule has 1 rings (SSSR count). The van der Waals surface area contributed by atoms with Crippen molar-refractivity contribution in [3.63, 3.8) is 0 Å². The lowest BCUT2D eigenvalue weighted by molar-refractivity contribution is -0.385. The monoisotopic (exact) mass is 250 g/mol. The van der Waals surface area contributed by atoms with Crippen LogP contribution in [0.1, 0.15) is 0 Å². The lowest BCUT2D eigenvalue weighted by Crippen LogP contribution is -2.08. The third-order valence-electron chi connectivity index (χ3n) is 1.33. The van der Waals surface area contributed by atoms with Gasteiger partial charge in [-0.15, -0.1) is 0 Å². The zero-order valence-electron chi connectivity index (χ0n) is 6.74. The summed E-state index contributed by atoms with van der Waals surface area (Å²) in [6.07, 6.45) is 0.132. The van der Waals surface area contributed by atoms with Crippen LogP contribution >= 0.6 is 10.2 Å². The molecule has 4 nitrogen and oxygen atoms in total. The molecule has 0 saturated heterocycles. The van der Waals surface area contributed by atoms with Crippen LogP contribution in [0.2, 0.25) is 0 Å². The molecule has 1 aromatic heterocycles. The Morgan fingerprint density at radius 3 is 2.00 bits per heavy atom. The van der Waals surface area contributed by atoms with Gasteiger partial charge in [0.25, 0.3) is 5.69 Å². The molecule has 0 amide bonds. The molecule has 0 bridgehead atoms. The van der Waals surface area contributed by atoms with E-state index in [0.717, 1.165) is 0 Å². The lowest BCUT2D eigenvalue weighted by Gasteiger charge is -2.38. The van der Waals surface area contributed by atoms with Gasteiger partial charge >= 0.3 is 10.2 Å². The third-order valence-corrected chi connectivity index (χ3v) is 2.36. The van der Waals surface area contributed by atoms with Crippen LogP contribution in [-0.2, 0) is 0 Å². The molecule has 1 aromatic rings. The molecule has 0 aromatic carbocycles. The van der Waals surface area contributed by atoms with E-state index >= 15 is 0 Å². The molecule has 0 fully saturated rings. The van der Waals surface area contributed by atoms with Crippen molar-refractivity contribution in [2.24, 2.45) is 0 Å². The molecule has 10 heteroatoms. The van der Waals surface area contributed by atoms with Crippen LogP contribution in [0.15, 0.2) is 23.4 Å². The van der Waals surface area contributed by atoms with Gasteiger partial charge in [0, 0.05) is 6.07 Å². The molecular formula is C5H3F5N2O2S. The molecule has 0 aliphatic carbocycles. The van der Waals surface area contributed by atoms with E-state index < -0.39 is 25.9 Å². The van der Waals surface area contributed by atoms with Gasteiger partial charge in [0.05, 0.1) is 4.92 Å². The highest BCUT2D eigenvalue weighted by Gasteiger charge is 2.67. The Morgan fingerprint density at radius 2 is 1.73 bits per heavy atom. The quantitative estimate of drug-likeness (QED) is 0.457. The maximum Gasteiger partial charge on any atom is 0.325 e. The van der Waals surface area contributed by atoms with Gasteiger partial charge in [-0.25, -0.2) is 4.98 Å². The van der Waals surface area contributed by atoms with Crippen molar-refractivity contribution in [2.45, 2.75) is 5.03 Å². The Balaban J connectivity index is 3.29. The number of nitrogens with zero attached hydrogens (tertiary/aromatic N) is 2. The Kier molecular flexibility index (Phi) is 1.84. The number of halogens is 5. The van der Waals surface area contributed by atoms with Gasteiger partial charge < -0.3 is 0 Å². The van der Waals surface area contributed by atoms with Crippen molar-refractivity contribution < 1.29 is 24.4 Å². The summed E-state index contributed by atoms with van der Waals surface area (Å²) in [5.41, 5.74) is -0.791. The lowest BCUT2D eigenvalue weighted by atomic mass is 10.4. The minimum Gasteiger partial charge on any atom is -0.258 e. The van der Waals surface area contributed by atoms with E-state index in [-0.39, 0.29) is 12.3 Å². The summed E-state index contributed by atoms with van der Waals surface area (Å²) < 4.78 is 60.2. The van der Waals surface area contributed by atoms with Crippen molar-refractivity contribution in [3.8, 4) is 0 Å². The molecule has 15 heavy (non-hydrogen) atoms. The van der Waals surface area contributed by atoms with Crippen LogP contribution in [0.3, 0.4) is 0 Å². The average Bonchev–Trinajstić information content (AvgIpc) is 2.00. The van der Waals surface area contributed by atoms with Crippen molar-refractivity contribution in [3.05, 3.63) is 28.4 Å². The van der Waals surface area contributed by atoms with E-state index in [4.69, 9.17) is 0 Å². The molecule has 0 aliphatic heterocycles. The van der Waals surface area contributed by atoms with Crippen LogP contribution in [-0.4, -0.2) is 9.91 Å². The fourth-order valence-corrected chi connectivity index (χ4v) is 1.29. The summed E-state index contributed by atoms with van der Waals surface area (Å²) in [5, 5.41) is 7.64. The first-order valence-electron chi connectivity index (χ1n) is 3.25. The second kappa shape index (κ2) is 2.38. The highest BCUT2D eigenvalue weighted by Crippen LogP contribution is 3.01. The summed E-state index contributed by atoms with van der Waals surface area (Å²) in [5.74, 6) is 0. The second-order valence-corrected chi connectivity index (χ2v) is 4.94. The maximum atomic E-state index is 12.0. The number of hydrogen-bond acceptors (Lipinski definition) is 3. The largest absolute Gasteiger partial charge is 0.325 e. The molecule has 0 N–H and O–H groups in total. The molecule has 86 valence electrons. The summed E-state index contributed by atoms with van der Waals surface area (Å²) in [4.78, 5) is 11.3. The Labute approximate surface area is 79.6 Å². The van der Waals surface area contributed by atoms with Crippen LogP contribution < -0.4 is 0 Å². The number of pyridine rings is 1. The number of rotatable bonds is 2. The van der Waals surface area contributed by atoms with Crippen LogP contribution in [0.25, 0.3) is 0 Å². The molecule has 0 spiro atoms. The van der Waals surface area contributed by atoms with E-state index in [0.29, 0.717) is 6.07 Å².